The summed E-state index contributed by atoms with van der Waals surface area (Å²) in [6.07, 6.45) is 0.149. The molecule has 0 saturated carbocycles. The zero-order valence-corrected chi connectivity index (χ0v) is 16.3. The second-order valence-corrected chi connectivity index (χ2v) is 7.15. The third-order valence-electron chi connectivity index (χ3n) is 3.79. The number of nitrogens with zero attached hydrogens (tertiary/aromatic N) is 2. The van der Waals surface area contributed by atoms with Crippen molar-refractivity contribution in [3.63, 3.8) is 0 Å². The molecule has 0 bridgehead atoms. The fourth-order valence-electron chi connectivity index (χ4n) is 2.29. The number of carbonyl (C=O) groups is 2. The molecule has 0 spiro atoms. The van der Waals surface area contributed by atoms with E-state index in [1.165, 1.54) is 28.9 Å². The van der Waals surface area contributed by atoms with Crippen molar-refractivity contribution in [3.05, 3.63) is 45.9 Å². The van der Waals surface area contributed by atoms with Crippen molar-refractivity contribution in [2.24, 2.45) is 0 Å². The van der Waals surface area contributed by atoms with Gasteiger partial charge < -0.3 is 14.4 Å². The van der Waals surface area contributed by atoms with Crippen LogP contribution in [0, 0.1) is 6.92 Å². The Kier molecular flexibility index (Phi) is 7.15. The van der Waals surface area contributed by atoms with Crippen LogP contribution in [0.5, 0.6) is 5.75 Å². The van der Waals surface area contributed by atoms with Crippen LogP contribution >= 0.6 is 11.3 Å². The molecular formula is C19H24N2O4S. The van der Waals surface area contributed by atoms with Crippen LogP contribution in [-0.2, 0) is 27.4 Å². The lowest BCUT2D eigenvalue weighted by Gasteiger charge is -2.25. The van der Waals surface area contributed by atoms with E-state index in [0.29, 0.717) is 12.3 Å². The lowest BCUT2D eigenvalue weighted by molar-refractivity contribution is -0.148. The van der Waals surface area contributed by atoms with Gasteiger partial charge in [-0.05, 0) is 32.9 Å². The fraction of sp³-hybridized carbons (Fsp3) is 0.421. The summed E-state index contributed by atoms with van der Waals surface area (Å²) in [5, 5.41) is 2.65. The van der Waals surface area contributed by atoms with Crippen LogP contribution in [0.25, 0.3) is 0 Å². The van der Waals surface area contributed by atoms with Gasteiger partial charge >= 0.3 is 5.97 Å². The maximum absolute atomic E-state index is 12.5. The molecule has 0 N–H and O–H groups in total. The van der Waals surface area contributed by atoms with Gasteiger partial charge in [-0.15, -0.1) is 11.3 Å². The van der Waals surface area contributed by atoms with E-state index < -0.39 is 5.97 Å². The number of rotatable bonds is 8. The topological polar surface area (TPSA) is 68.7 Å². The minimum absolute atomic E-state index is 0.0550. The molecule has 1 aromatic heterocycles. The molecular weight excluding hydrogens is 352 g/mol. The van der Waals surface area contributed by atoms with E-state index in [2.05, 4.69) is 9.72 Å². The van der Waals surface area contributed by atoms with Crippen LogP contribution < -0.4 is 4.74 Å². The molecule has 0 unspecified atom stereocenters. The maximum atomic E-state index is 12.5. The SMILES string of the molecule is COC(=O)CN(C(=O)Cc1csc(COc2ccc(C)cc2)n1)C(C)C. The molecule has 140 valence electrons. The van der Waals surface area contributed by atoms with E-state index in [-0.39, 0.29) is 24.9 Å². The summed E-state index contributed by atoms with van der Waals surface area (Å²) in [5.41, 5.74) is 1.85. The summed E-state index contributed by atoms with van der Waals surface area (Å²) in [6.45, 7) is 6.05. The zero-order valence-electron chi connectivity index (χ0n) is 15.5. The molecule has 0 radical (unpaired) electrons. The highest BCUT2D eigenvalue weighted by molar-refractivity contribution is 7.09. The van der Waals surface area contributed by atoms with E-state index in [0.717, 1.165) is 10.8 Å². The Hall–Kier alpha value is -2.41. The number of hydrogen-bond donors (Lipinski definition) is 0. The minimum atomic E-state index is -0.433. The van der Waals surface area contributed by atoms with Crippen LogP contribution in [-0.4, -0.2) is 41.5 Å². The largest absolute Gasteiger partial charge is 0.486 e. The smallest absolute Gasteiger partial charge is 0.325 e. The Morgan fingerprint density at radius 1 is 1.23 bits per heavy atom. The van der Waals surface area contributed by atoms with Crippen molar-refractivity contribution >= 4 is 23.2 Å². The Morgan fingerprint density at radius 2 is 1.92 bits per heavy atom. The van der Waals surface area contributed by atoms with Crippen molar-refractivity contribution < 1.29 is 19.1 Å². The van der Waals surface area contributed by atoms with Crippen molar-refractivity contribution in [2.75, 3.05) is 13.7 Å². The highest BCUT2D eigenvalue weighted by atomic mass is 32.1. The fourth-order valence-corrected chi connectivity index (χ4v) is 3.00. The lowest BCUT2D eigenvalue weighted by Crippen LogP contribution is -2.41. The Bertz CT molecular complexity index is 740. The van der Waals surface area contributed by atoms with Crippen LogP contribution in [0.3, 0.4) is 0 Å². The van der Waals surface area contributed by atoms with E-state index in [9.17, 15) is 9.59 Å². The molecule has 1 amide bonds. The standard InChI is InChI=1S/C19H24N2O4S/c1-13(2)21(10-19(23)24-4)18(22)9-15-12-26-17(20-15)11-25-16-7-5-14(3)6-8-16/h5-8,12-13H,9-11H2,1-4H3. The molecule has 2 aromatic rings. The quantitative estimate of drug-likeness (QED) is 0.663. The van der Waals surface area contributed by atoms with Crippen molar-refractivity contribution in [3.8, 4) is 5.75 Å². The summed E-state index contributed by atoms with van der Waals surface area (Å²) < 4.78 is 10.4. The highest BCUT2D eigenvalue weighted by Crippen LogP contribution is 2.17. The van der Waals surface area contributed by atoms with Gasteiger partial charge in [0.1, 0.15) is 23.9 Å². The van der Waals surface area contributed by atoms with Crippen LogP contribution in [0.4, 0.5) is 0 Å². The second-order valence-electron chi connectivity index (χ2n) is 6.20. The Morgan fingerprint density at radius 3 is 2.54 bits per heavy atom. The average Bonchev–Trinajstić information content (AvgIpc) is 3.05. The van der Waals surface area contributed by atoms with E-state index >= 15 is 0 Å². The van der Waals surface area contributed by atoms with Crippen molar-refractivity contribution in [1.82, 2.24) is 9.88 Å². The zero-order chi connectivity index (χ0) is 19.1. The number of ether oxygens (including phenoxy) is 2. The summed E-state index contributed by atoms with van der Waals surface area (Å²) in [6, 6.07) is 7.72. The van der Waals surface area contributed by atoms with Crippen molar-refractivity contribution in [2.45, 2.75) is 39.8 Å². The number of thiazole rings is 1. The predicted molar refractivity (Wildman–Crippen MR) is 100 cm³/mol. The third kappa shape index (κ3) is 5.84. The van der Waals surface area contributed by atoms with Gasteiger partial charge in [0.2, 0.25) is 5.91 Å². The Balaban J connectivity index is 1.92. The maximum Gasteiger partial charge on any atom is 0.325 e. The normalized spacial score (nSPS) is 10.7. The molecule has 0 saturated heterocycles. The summed E-state index contributed by atoms with van der Waals surface area (Å²) >= 11 is 1.45. The number of aromatic nitrogens is 1. The number of carbonyl (C=O) groups excluding carboxylic acids is 2. The molecule has 0 fully saturated rings. The first-order valence-corrected chi connectivity index (χ1v) is 9.26. The first-order chi connectivity index (χ1) is 12.4. The summed E-state index contributed by atoms with van der Waals surface area (Å²) in [7, 11) is 1.31. The summed E-state index contributed by atoms with van der Waals surface area (Å²) in [4.78, 5) is 29.9. The second kappa shape index (κ2) is 9.33. The van der Waals surface area contributed by atoms with Gasteiger partial charge in [-0.25, -0.2) is 4.98 Å². The van der Waals surface area contributed by atoms with Gasteiger partial charge in [0.25, 0.3) is 0 Å². The van der Waals surface area contributed by atoms with E-state index in [4.69, 9.17) is 4.74 Å². The van der Waals surface area contributed by atoms with E-state index in [1.54, 1.807) is 0 Å². The Labute approximate surface area is 157 Å². The number of aryl methyl sites for hydroxylation is 1. The number of esters is 1. The number of hydrogen-bond acceptors (Lipinski definition) is 6. The van der Waals surface area contributed by atoms with Crippen LogP contribution in [0.1, 0.15) is 30.1 Å². The van der Waals surface area contributed by atoms with Crippen LogP contribution in [0.15, 0.2) is 29.6 Å². The molecule has 1 aromatic carbocycles. The predicted octanol–water partition coefficient (Wildman–Crippen LogP) is 2.98. The molecule has 6 nitrogen and oxygen atoms in total. The van der Waals surface area contributed by atoms with Gasteiger partial charge in [0, 0.05) is 11.4 Å². The molecule has 0 aliphatic carbocycles. The van der Waals surface area contributed by atoms with Crippen molar-refractivity contribution in [1.29, 1.82) is 0 Å². The number of methoxy groups -OCH3 is 1. The number of benzene rings is 1. The van der Waals surface area contributed by atoms with E-state index in [1.807, 2.05) is 50.4 Å². The molecule has 26 heavy (non-hydrogen) atoms. The van der Waals surface area contributed by atoms with Gasteiger partial charge in [0.05, 0.1) is 19.2 Å². The highest BCUT2D eigenvalue weighted by Gasteiger charge is 2.21. The van der Waals surface area contributed by atoms with Gasteiger partial charge in [0.15, 0.2) is 0 Å². The molecule has 0 aliphatic rings. The molecule has 0 aliphatic heterocycles. The van der Waals surface area contributed by atoms with Gasteiger partial charge in [-0.2, -0.15) is 0 Å². The first kappa shape index (κ1) is 19.9. The molecule has 2 rings (SSSR count). The van der Waals surface area contributed by atoms with Crippen LogP contribution in [0.2, 0.25) is 0 Å². The lowest BCUT2D eigenvalue weighted by atomic mass is 10.2. The monoisotopic (exact) mass is 376 g/mol. The summed E-state index contributed by atoms with van der Waals surface area (Å²) in [5.74, 6) is 0.201. The average molecular weight is 376 g/mol. The van der Waals surface area contributed by atoms with Gasteiger partial charge in [-0.1, -0.05) is 17.7 Å². The first-order valence-electron chi connectivity index (χ1n) is 8.38. The molecule has 0 atom stereocenters. The van der Waals surface area contributed by atoms with Gasteiger partial charge in [-0.3, -0.25) is 9.59 Å². The molecule has 1 heterocycles. The minimum Gasteiger partial charge on any atom is -0.486 e. The third-order valence-corrected chi connectivity index (χ3v) is 4.66. The molecule has 7 heteroatoms. The number of amides is 1.